The van der Waals surface area contributed by atoms with Crippen LogP contribution in [0.3, 0.4) is 0 Å². The first kappa shape index (κ1) is 15.7. The van der Waals surface area contributed by atoms with E-state index in [1.165, 1.54) is 0 Å². The van der Waals surface area contributed by atoms with Crippen LogP contribution in [-0.2, 0) is 4.79 Å². The van der Waals surface area contributed by atoms with Crippen molar-refractivity contribution >= 4 is 29.5 Å². The number of carbonyl (C=O) groups is 3. The highest BCUT2D eigenvalue weighted by atomic mass is 32.2. The summed E-state index contributed by atoms with van der Waals surface area (Å²) in [6.45, 7) is -0.136. The van der Waals surface area contributed by atoms with Gasteiger partial charge in [0.1, 0.15) is 6.54 Å². The van der Waals surface area contributed by atoms with Gasteiger partial charge in [0, 0.05) is 17.3 Å². The number of fused-ring (bicyclic) bond motifs is 3. The molecule has 2 atom stereocenters. The molecule has 2 unspecified atom stereocenters. The van der Waals surface area contributed by atoms with Crippen molar-refractivity contribution in [1.82, 2.24) is 9.80 Å². The Hall–Kier alpha value is -1.82. The average Bonchev–Trinajstić information content (AvgIpc) is 3.00. The van der Waals surface area contributed by atoms with Gasteiger partial charge in [-0.15, -0.1) is 0 Å². The molecule has 6 heteroatoms. The second kappa shape index (κ2) is 5.92. The molecule has 0 aromatic heterocycles. The highest BCUT2D eigenvalue weighted by Crippen LogP contribution is 2.39. The predicted octanol–water partition coefficient (Wildman–Crippen LogP) is 2.17. The molecule has 1 aromatic carbocycles. The molecule has 3 aliphatic heterocycles. The van der Waals surface area contributed by atoms with E-state index in [9.17, 15) is 14.4 Å². The molecule has 3 aliphatic rings. The van der Waals surface area contributed by atoms with Gasteiger partial charge in [-0.2, -0.15) is 11.8 Å². The van der Waals surface area contributed by atoms with Crippen LogP contribution in [0.2, 0.25) is 0 Å². The number of amides is 3. The molecular weight excluding hydrogens is 324 g/mol. The number of benzene rings is 1. The monoisotopic (exact) mass is 344 g/mol. The predicted molar refractivity (Wildman–Crippen MR) is 92.0 cm³/mol. The Morgan fingerprint density at radius 1 is 1.08 bits per heavy atom. The molecule has 0 N–H and O–H groups in total. The molecule has 4 rings (SSSR count). The standard InChI is InChI=1S/C18H20N2O3S/c1-24-13-8-11-6-7-12(9-13)20(11)16(21)10-19-17(22)14-4-2-3-5-15(14)18(19)23/h2-5,11-13H,6-10H2,1H3. The third kappa shape index (κ3) is 2.35. The minimum Gasteiger partial charge on any atom is -0.335 e. The van der Waals surface area contributed by atoms with Crippen LogP contribution in [0.1, 0.15) is 46.4 Å². The number of hydrogen-bond donors (Lipinski definition) is 0. The highest BCUT2D eigenvalue weighted by Gasteiger charge is 2.45. The van der Waals surface area contributed by atoms with Crippen LogP contribution < -0.4 is 0 Å². The fraction of sp³-hybridized carbons (Fsp3) is 0.500. The van der Waals surface area contributed by atoms with Gasteiger partial charge < -0.3 is 4.90 Å². The molecule has 2 saturated heterocycles. The van der Waals surface area contributed by atoms with E-state index in [2.05, 4.69) is 6.26 Å². The fourth-order valence-electron chi connectivity index (χ4n) is 4.33. The molecule has 3 amide bonds. The third-order valence-electron chi connectivity index (χ3n) is 5.48. The molecular formula is C18H20N2O3S. The maximum absolute atomic E-state index is 12.8. The van der Waals surface area contributed by atoms with Crippen LogP contribution in [0.4, 0.5) is 0 Å². The van der Waals surface area contributed by atoms with E-state index in [0.717, 1.165) is 30.6 Å². The number of piperidine rings is 1. The van der Waals surface area contributed by atoms with Crippen LogP contribution in [-0.4, -0.2) is 57.7 Å². The lowest BCUT2D eigenvalue weighted by Gasteiger charge is -2.39. The zero-order valence-electron chi connectivity index (χ0n) is 13.6. The van der Waals surface area contributed by atoms with Gasteiger partial charge >= 0.3 is 0 Å². The van der Waals surface area contributed by atoms with Crippen LogP contribution in [0, 0.1) is 0 Å². The zero-order chi connectivity index (χ0) is 16.8. The molecule has 5 nitrogen and oxygen atoms in total. The molecule has 3 heterocycles. The summed E-state index contributed by atoms with van der Waals surface area (Å²) >= 11 is 1.88. The van der Waals surface area contributed by atoms with Gasteiger partial charge in [0.05, 0.1) is 11.1 Å². The van der Waals surface area contributed by atoms with Gasteiger partial charge in [0.15, 0.2) is 0 Å². The molecule has 0 saturated carbocycles. The largest absolute Gasteiger partial charge is 0.335 e. The summed E-state index contributed by atoms with van der Waals surface area (Å²) in [5.41, 5.74) is 0.804. The van der Waals surface area contributed by atoms with E-state index >= 15 is 0 Å². The summed E-state index contributed by atoms with van der Waals surface area (Å²) in [5.74, 6) is -0.790. The molecule has 0 spiro atoms. The van der Waals surface area contributed by atoms with Crippen LogP contribution in [0.15, 0.2) is 24.3 Å². The van der Waals surface area contributed by atoms with Crippen molar-refractivity contribution in [2.45, 2.75) is 43.0 Å². The zero-order valence-corrected chi connectivity index (χ0v) is 14.4. The Labute approximate surface area is 145 Å². The molecule has 24 heavy (non-hydrogen) atoms. The van der Waals surface area contributed by atoms with E-state index in [0.29, 0.717) is 16.4 Å². The topological polar surface area (TPSA) is 57.7 Å². The minimum absolute atomic E-state index is 0.0865. The Morgan fingerprint density at radius 3 is 2.12 bits per heavy atom. The number of carbonyl (C=O) groups excluding carboxylic acids is 3. The van der Waals surface area contributed by atoms with Crippen LogP contribution in [0.25, 0.3) is 0 Å². The maximum atomic E-state index is 12.8. The smallest absolute Gasteiger partial charge is 0.262 e. The van der Waals surface area contributed by atoms with Crippen molar-refractivity contribution in [3.8, 4) is 0 Å². The van der Waals surface area contributed by atoms with Crippen LogP contribution in [0.5, 0.6) is 0 Å². The maximum Gasteiger partial charge on any atom is 0.262 e. The molecule has 0 aliphatic carbocycles. The summed E-state index contributed by atoms with van der Waals surface area (Å²) in [5, 5.41) is 0.617. The van der Waals surface area contributed by atoms with Crippen molar-refractivity contribution < 1.29 is 14.4 Å². The first-order chi connectivity index (χ1) is 11.6. The number of rotatable bonds is 3. The molecule has 126 valence electrons. The Morgan fingerprint density at radius 2 is 1.62 bits per heavy atom. The summed E-state index contributed by atoms with van der Waals surface area (Å²) in [6.07, 6.45) is 6.24. The second-order valence-corrected chi connectivity index (χ2v) is 7.90. The van der Waals surface area contributed by atoms with Gasteiger partial charge in [-0.25, -0.2) is 0 Å². The molecule has 0 radical (unpaired) electrons. The van der Waals surface area contributed by atoms with Crippen LogP contribution >= 0.6 is 11.8 Å². The van der Waals surface area contributed by atoms with Gasteiger partial charge in [-0.1, -0.05) is 12.1 Å². The van der Waals surface area contributed by atoms with Crippen molar-refractivity contribution in [3.63, 3.8) is 0 Å². The van der Waals surface area contributed by atoms with E-state index in [1.807, 2.05) is 16.7 Å². The van der Waals surface area contributed by atoms with Gasteiger partial charge in [0.25, 0.3) is 11.8 Å². The van der Waals surface area contributed by atoms with Crippen molar-refractivity contribution in [2.24, 2.45) is 0 Å². The summed E-state index contributed by atoms with van der Waals surface area (Å²) < 4.78 is 0. The van der Waals surface area contributed by atoms with Gasteiger partial charge in [-0.3, -0.25) is 19.3 Å². The van der Waals surface area contributed by atoms with E-state index in [4.69, 9.17) is 0 Å². The summed E-state index contributed by atoms with van der Waals surface area (Å²) in [6, 6.07) is 7.31. The number of imide groups is 1. The lowest BCUT2D eigenvalue weighted by molar-refractivity contribution is -0.135. The number of thioether (sulfide) groups is 1. The average molecular weight is 344 g/mol. The van der Waals surface area contributed by atoms with Crippen molar-refractivity contribution in [3.05, 3.63) is 35.4 Å². The van der Waals surface area contributed by atoms with Gasteiger partial charge in [0.2, 0.25) is 5.91 Å². The highest BCUT2D eigenvalue weighted by molar-refractivity contribution is 7.99. The van der Waals surface area contributed by atoms with Crippen molar-refractivity contribution in [2.75, 3.05) is 12.8 Å². The summed E-state index contributed by atoms with van der Waals surface area (Å²) in [7, 11) is 0. The first-order valence-electron chi connectivity index (χ1n) is 8.39. The Kier molecular flexibility index (Phi) is 3.87. The minimum atomic E-state index is -0.352. The third-order valence-corrected chi connectivity index (χ3v) is 6.53. The number of hydrogen-bond acceptors (Lipinski definition) is 4. The molecule has 1 aromatic rings. The van der Waals surface area contributed by atoms with E-state index in [-0.39, 0.29) is 36.3 Å². The van der Waals surface area contributed by atoms with Gasteiger partial charge in [-0.05, 0) is 44.1 Å². The van der Waals surface area contributed by atoms with E-state index in [1.54, 1.807) is 24.3 Å². The summed E-state index contributed by atoms with van der Waals surface area (Å²) in [4.78, 5) is 40.8. The molecule has 2 bridgehead atoms. The lowest BCUT2D eigenvalue weighted by Crippen LogP contribution is -2.51. The quantitative estimate of drug-likeness (QED) is 0.789. The second-order valence-electron chi connectivity index (χ2n) is 6.76. The lowest BCUT2D eigenvalue weighted by atomic mass is 10.0. The van der Waals surface area contributed by atoms with Crippen molar-refractivity contribution in [1.29, 1.82) is 0 Å². The first-order valence-corrected chi connectivity index (χ1v) is 9.68. The SMILES string of the molecule is CSC1CC2CCC(C1)N2C(=O)CN1C(=O)c2ccccc2C1=O. The molecule has 2 fully saturated rings. The number of nitrogens with zero attached hydrogens (tertiary/aromatic N) is 2. The normalized spacial score (nSPS) is 28.5. The Bertz CT molecular complexity index is 671. The van der Waals surface area contributed by atoms with E-state index < -0.39 is 0 Å². The fourth-order valence-corrected chi connectivity index (χ4v) is 5.16. The Balaban J connectivity index is 1.50.